The van der Waals surface area contributed by atoms with Crippen LogP contribution >= 0.6 is 0 Å². The summed E-state index contributed by atoms with van der Waals surface area (Å²) in [5.41, 5.74) is 0. The van der Waals surface area contributed by atoms with Crippen molar-refractivity contribution in [2.24, 2.45) is 0 Å². The Morgan fingerprint density at radius 1 is 1.00 bits per heavy atom. The second kappa shape index (κ2) is 7.96. The van der Waals surface area contributed by atoms with E-state index in [0.717, 1.165) is 24.5 Å². The molecule has 0 saturated heterocycles. The lowest BCUT2D eigenvalue weighted by Crippen LogP contribution is -3.11. The molecule has 1 aromatic rings. The number of quaternary nitrogens is 1. The summed E-state index contributed by atoms with van der Waals surface area (Å²) in [5.74, 6) is 1.78. The van der Waals surface area contributed by atoms with E-state index in [0.29, 0.717) is 0 Å². The van der Waals surface area contributed by atoms with Gasteiger partial charge in [0.05, 0.1) is 33.4 Å². The molecule has 0 heterocycles. The molecule has 1 N–H and O–H groups in total. The molecule has 0 aromatic heterocycles. The molecule has 0 unspecified atom stereocenters. The van der Waals surface area contributed by atoms with Gasteiger partial charge in [0.15, 0.2) is 0 Å². The first-order valence-corrected chi connectivity index (χ1v) is 6.40. The molecule has 1 aromatic carbocycles. The van der Waals surface area contributed by atoms with E-state index in [-0.39, 0.29) is 0 Å². The maximum Gasteiger partial charge on any atom is 0.119 e. The summed E-state index contributed by atoms with van der Waals surface area (Å²) in [6.07, 6.45) is 1.10. The maximum absolute atomic E-state index is 5.68. The molecule has 0 saturated carbocycles. The molecule has 3 heteroatoms. The maximum atomic E-state index is 5.68. The van der Waals surface area contributed by atoms with E-state index in [2.05, 4.69) is 13.8 Å². The second-order valence-electron chi connectivity index (χ2n) is 4.08. The monoisotopic (exact) mass is 238 g/mol. The van der Waals surface area contributed by atoms with Crippen molar-refractivity contribution >= 4 is 0 Å². The first kappa shape index (κ1) is 13.8. The molecule has 0 amide bonds. The van der Waals surface area contributed by atoms with E-state index in [9.17, 15) is 0 Å². The summed E-state index contributed by atoms with van der Waals surface area (Å²) in [7, 11) is 1.67. The van der Waals surface area contributed by atoms with Crippen LogP contribution in [0.3, 0.4) is 0 Å². The van der Waals surface area contributed by atoms with Crippen LogP contribution in [-0.2, 0) is 0 Å². The largest absolute Gasteiger partial charge is 0.497 e. The van der Waals surface area contributed by atoms with E-state index in [1.165, 1.54) is 19.6 Å². The summed E-state index contributed by atoms with van der Waals surface area (Å²) >= 11 is 0. The summed E-state index contributed by atoms with van der Waals surface area (Å²) in [5, 5.41) is 0. The molecule has 17 heavy (non-hydrogen) atoms. The van der Waals surface area contributed by atoms with Crippen molar-refractivity contribution in [2.75, 3.05) is 33.4 Å². The summed E-state index contributed by atoms with van der Waals surface area (Å²) in [6.45, 7) is 8.81. The van der Waals surface area contributed by atoms with Gasteiger partial charge in [-0.3, -0.25) is 0 Å². The lowest BCUT2D eigenvalue weighted by molar-refractivity contribution is -0.896. The highest BCUT2D eigenvalue weighted by Crippen LogP contribution is 2.16. The number of benzene rings is 1. The average molecular weight is 238 g/mol. The molecular formula is C14H24NO2+. The fourth-order valence-corrected chi connectivity index (χ4v) is 1.79. The van der Waals surface area contributed by atoms with E-state index >= 15 is 0 Å². The molecule has 0 spiro atoms. The lowest BCUT2D eigenvalue weighted by atomic mass is 10.3. The number of methoxy groups -OCH3 is 1. The minimum atomic E-state index is 0.788. The van der Waals surface area contributed by atoms with Gasteiger partial charge in [0.25, 0.3) is 0 Å². The molecule has 0 aliphatic heterocycles. The van der Waals surface area contributed by atoms with Crippen LogP contribution in [-0.4, -0.2) is 33.4 Å². The molecule has 0 aliphatic carbocycles. The quantitative estimate of drug-likeness (QED) is 0.692. The Morgan fingerprint density at radius 2 is 1.59 bits per heavy atom. The predicted octanol–water partition coefficient (Wildman–Crippen LogP) is 1.39. The van der Waals surface area contributed by atoms with Gasteiger partial charge in [-0.05, 0) is 38.1 Å². The zero-order chi connectivity index (χ0) is 12.5. The highest BCUT2D eigenvalue weighted by atomic mass is 16.5. The molecule has 0 bridgehead atoms. The topological polar surface area (TPSA) is 22.9 Å². The van der Waals surface area contributed by atoms with E-state index in [1.807, 2.05) is 24.3 Å². The van der Waals surface area contributed by atoms with Crippen molar-refractivity contribution in [3.05, 3.63) is 24.3 Å². The van der Waals surface area contributed by atoms with Crippen LogP contribution in [0.25, 0.3) is 0 Å². The molecule has 0 atom stereocenters. The zero-order valence-corrected chi connectivity index (χ0v) is 11.2. The highest BCUT2D eigenvalue weighted by Gasteiger charge is 2.02. The Kier molecular flexibility index (Phi) is 6.48. The molecule has 96 valence electrons. The van der Waals surface area contributed by atoms with Crippen LogP contribution in [0.4, 0.5) is 0 Å². The van der Waals surface area contributed by atoms with Gasteiger partial charge < -0.3 is 14.4 Å². The zero-order valence-electron chi connectivity index (χ0n) is 11.2. The van der Waals surface area contributed by atoms with Crippen LogP contribution in [0, 0.1) is 0 Å². The van der Waals surface area contributed by atoms with E-state index in [4.69, 9.17) is 9.47 Å². The van der Waals surface area contributed by atoms with Crippen molar-refractivity contribution in [3.63, 3.8) is 0 Å². The first-order chi connectivity index (χ1) is 8.30. The number of hydrogen-bond donors (Lipinski definition) is 1. The Hall–Kier alpha value is -1.22. The Bertz CT molecular complexity index is 294. The van der Waals surface area contributed by atoms with Crippen molar-refractivity contribution in [3.8, 4) is 11.5 Å². The molecule has 0 aliphatic rings. The third-order valence-corrected chi connectivity index (χ3v) is 3.00. The number of hydrogen-bond acceptors (Lipinski definition) is 2. The van der Waals surface area contributed by atoms with Gasteiger partial charge in [-0.2, -0.15) is 0 Å². The molecule has 0 radical (unpaired) electrons. The van der Waals surface area contributed by atoms with Crippen LogP contribution < -0.4 is 14.4 Å². The standard InChI is InChI=1S/C14H23NO2/c1-4-15(5-2)11-6-12-17-14-9-7-13(16-3)8-10-14/h7-10H,4-6,11-12H2,1-3H3/p+1. The molecule has 1 rings (SSSR count). The Morgan fingerprint density at radius 3 is 2.12 bits per heavy atom. The normalized spacial score (nSPS) is 10.6. The fraction of sp³-hybridized carbons (Fsp3) is 0.571. The molecule has 3 nitrogen and oxygen atoms in total. The van der Waals surface area contributed by atoms with Crippen LogP contribution in [0.2, 0.25) is 0 Å². The van der Waals surface area contributed by atoms with E-state index < -0.39 is 0 Å². The second-order valence-corrected chi connectivity index (χ2v) is 4.08. The van der Waals surface area contributed by atoms with Crippen LogP contribution in [0.5, 0.6) is 11.5 Å². The lowest BCUT2D eigenvalue weighted by Gasteiger charge is -2.15. The Labute approximate surface area is 104 Å². The summed E-state index contributed by atoms with van der Waals surface area (Å²) < 4.78 is 10.8. The van der Waals surface area contributed by atoms with Crippen molar-refractivity contribution in [1.82, 2.24) is 0 Å². The van der Waals surface area contributed by atoms with Gasteiger partial charge >= 0.3 is 0 Å². The highest BCUT2D eigenvalue weighted by molar-refractivity contribution is 5.30. The SMILES string of the molecule is CC[NH+](CC)CCCOc1ccc(OC)cc1. The number of ether oxygens (including phenoxy) is 2. The van der Waals surface area contributed by atoms with Gasteiger partial charge in [-0.25, -0.2) is 0 Å². The first-order valence-electron chi connectivity index (χ1n) is 6.40. The van der Waals surface area contributed by atoms with Gasteiger partial charge in [0, 0.05) is 6.42 Å². The third kappa shape index (κ3) is 5.09. The summed E-state index contributed by atoms with van der Waals surface area (Å²) in [6, 6.07) is 7.74. The summed E-state index contributed by atoms with van der Waals surface area (Å²) in [4.78, 5) is 1.63. The fourth-order valence-electron chi connectivity index (χ4n) is 1.79. The number of nitrogens with one attached hydrogen (secondary N) is 1. The smallest absolute Gasteiger partial charge is 0.119 e. The molecular weight excluding hydrogens is 214 g/mol. The van der Waals surface area contributed by atoms with E-state index in [1.54, 1.807) is 12.0 Å². The minimum absolute atomic E-state index is 0.788. The van der Waals surface area contributed by atoms with Crippen molar-refractivity contribution in [1.29, 1.82) is 0 Å². The minimum Gasteiger partial charge on any atom is -0.497 e. The van der Waals surface area contributed by atoms with Gasteiger partial charge in [0.1, 0.15) is 11.5 Å². The molecule has 0 fully saturated rings. The Balaban J connectivity index is 2.21. The van der Waals surface area contributed by atoms with Crippen molar-refractivity contribution in [2.45, 2.75) is 20.3 Å². The number of rotatable bonds is 8. The van der Waals surface area contributed by atoms with Gasteiger partial charge in [0.2, 0.25) is 0 Å². The predicted molar refractivity (Wildman–Crippen MR) is 70.0 cm³/mol. The average Bonchev–Trinajstić information content (AvgIpc) is 2.40. The van der Waals surface area contributed by atoms with Gasteiger partial charge in [-0.1, -0.05) is 0 Å². The van der Waals surface area contributed by atoms with Crippen molar-refractivity contribution < 1.29 is 14.4 Å². The third-order valence-electron chi connectivity index (χ3n) is 3.00. The van der Waals surface area contributed by atoms with Gasteiger partial charge in [-0.15, -0.1) is 0 Å². The van der Waals surface area contributed by atoms with Crippen LogP contribution in [0.15, 0.2) is 24.3 Å². The van der Waals surface area contributed by atoms with Crippen LogP contribution in [0.1, 0.15) is 20.3 Å².